The third kappa shape index (κ3) is 2.68. The minimum absolute atomic E-state index is 0.781. The molecular weight excluding hydrogens is 320 g/mol. The highest BCUT2D eigenvalue weighted by Gasteiger charge is 2.12. The summed E-state index contributed by atoms with van der Waals surface area (Å²) >= 11 is 1.59. The van der Waals surface area contributed by atoms with Gasteiger partial charge in [-0.05, 0) is 36.4 Å². The van der Waals surface area contributed by atoms with Crippen molar-refractivity contribution in [2.75, 3.05) is 7.11 Å². The van der Waals surface area contributed by atoms with E-state index in [-0.39, 0.29) is 0 Å². The van der Waals surface area contributed by atoms with Crippen molar-refractivity contribution in [3.63, 3.8) is 0 Å². The van der Waals surface area contributed by atoms with Crippen molar-refractivity contribution in [2.24, 2.45) is 0 Å². The molecular formula is C18H14N4OS. The van der Waals surface area contributed by atoms with E-state index < -0.39 is 0 Å². The Morgan fingerprint density at radius 3 is 2.79 bits per heavy atom. The number of hydrogen-bond acceptors (Lipinski definition) is 5. The molecule has 0 saturated carbocycles. The van der Waals surface area contributed by atoms with Crippen molar-refractivity contribution in [3.8, 4) is 11.6 Å². The number of pyridine rings is 1. The molecule has 6 heteroatoms. The van der Waals surface area contributed by atoms with Crippen LogP contribution in [-0.2, 0) is 0 Å². The van der Waals surface area contributed by atoms with Gasteiger partial charge in [-0.3, -0.25) is 4.57 Å². The Hall–Kier alpha value is -2.99. The number of rotatable bonds is 4. The Morgan fingerprint density at radius 2 is 2.04 bits per heavy atom. The SMILES string of the molecule is COc1ccc2c(c1)nc(/C=C/c1nccs1)n2-c1ccccn1. The van der Waals surface area contributed by atoms with Crippen molar-refractivity contribution in [1.82, 2.24) is 19.5 Å². The summed E-state index contributed by atoms with van der Waals surface area (Å²) in [7, 11) is 1.65. The maximum atomic E-state index is 5.30. The van der Waals surface area contributed by atoms with E-state index in [4.69, 9.17) is 9.72 Å². The van der Waals surface area contributed by atoms with Crippen LogP contribution in [0.15, 0.2) is 54.2 Å². The van der Waals surface area contributed by atoms with E-state index in [1.165, 1.54) is 0 Å². The molecule has 0 spiro atoms. The van der Waals surface area contributed by atoms with E-state index in [2.05, 4.69) is 9.97 Å². The van der Waals surface area contributed by atoms with Gasteiger partial charge >= 0.3 is 0 Å². The number of imidazole rings is 1. The van der Waals surface area contributed by atoms with Gasteiger partial charge in [0.05, 0.1) is 18.1 Å². The second-order valence-corrected chi connectivity index (χ2v) is 5.98. The first-order valence-corrected chi connectivity index (χ1v) is 8.28. The van der Waals surface area contributed by atoms with Crippen LogP contribution in [0.3, 0.4) is 0 Å². The Balaban J connectivity index is 1.90. The highest BCUT2D eigenvalue weighted by molar-refractivity contribution is 7.10. The molecule has 5 nitrogen and oxygen atoms in total. The van der Waals surface area contributed by atoms with Crippen LogP contribution in [0.4, 0.5) is 0 Å². The second-order valence-electron chi connectivity index (χ2n) is 5.05. The van der Waals surface area contributed by atoms with Crippen LogP contribution < -0.4 is 4.74 Å². The third-order valence-corrected chi connectivity index (χ3v) is 4.33. The van der Waals surface area contributed by atoms with E-state index in [1.54, 1.807) is 30.8 Å². The van der Waals surface area contributed by atoms with E-state index in [1.807, 2.05) is 58.5 Å². The summed E-state index contributed by atoms with van der Waals surface area (Å²) in [4.78, 5) is 13.5. The van der Waals surface area contributed by atoms with Gasteiger partial charge in [0.2, 0.25) is 0 Å². The van der Waals surface area contributed by atoms with Gasteiger partial charge in [0.25, 0.3) is 0 Å². The molecule has 4 rings (SSSR count). The smallest absolute Gasteiger partial charge is 0.139 e. The molecule has 3 heterocycles. The number of methoxy groups -OCH3 is 1. The number of aromatic nitrogens is 4. The standard InChI is InChI=1S/C18H14N4OS/c1-23-13-5-6-15-14(12-13)21-17(7-8-18-20-10-11-24-18)22(15)16-4-2-3-9-19-16/h2-12H,1H3/b8-7+. The Kier molecular flexibility index (Phi) is 3.80. The third-order valence-electron chi connectivity index (χ3n) is 3.59. The Labute approximate surface area is 142 Å². The van der Waals surface area contributed by atoms with Gasteiger partial charge in [-0.15, -0.1) is 11.3 Å². The zero-order valence-corrected chi connectivity index (χ0v) is 13.8. The topological polar surface area (TPSA) is 52.8 Å². The first-order chi connectivity index (χ1) is 11.8. The number of thiazole rings is 1. The number of hydrogen-bond donors (Lipinski definition) is 0. The highest BCUT2D eigenvalue weighted by atomic mass is 32.1. The van der Waals surface area contributed by atoms with Crippen molar-refractivity contribution >= 4 is 34.5 Å². The van der Waals surface area contributed by atoms with Crippen LogP contribution in [0, 0.1) is 0 Å². The molecule has 0 N–H and O–H groups in total. The zero-order chi connectivity index (χ0) is 16.4. The molecule has 4 aromatic rings. The number of fused-ring (bicyclic) bond motifs is 1. The molecule has 0 radical (unpaired) electrons. The van der Waals surface area contributed by atoms with Gasteiger partial charge in [-0.2, -0.15) is 0 Å². The van der Waals surface area contributed by atoms with E-state index in [0.29, 0.717) is 0 Å². The molecule has 0 atom stereocenters. The summed E-state index contributed by atoms with van der Waals surface area (Å²) in [5.74, 6) is 2.40. The molecule has 3 aromatic heterocycles. The quantitative estimate of drug-likeness (QED) is 0.565. The van der Waals surface area contributed by atoms with Crippen LogP contribution in [0.5, 0.6) is 5.75 Å². The summed E-state index contributed by atoms with van der Waals surface area (Å²) in [6.45, 7) is 0. The monoisotopic (exact) mass is 334 g/mol. The lowest BCUT2D eigenvalue weighted by atomic mass is 10.3. The lowest BCUT2D eigenvalue weighted by Gasteiger charge is -2.06. The van der Waals surface area contributed by atoms with Crippen LogP contribution in [-0.4, -0.2) is 26.6 Å². The fourth-order valence-electron chi connectivity index (χ4n) is 2.51. The van der Waals surface area contributed by atoms with Crippen LogP contribution in [0.25, 0.3) is 29.0 Å². The molecule has 0 aliphatic carbocycles. The van der Waals surface area contributed by atoms with Gasteiger partial charge < -0.3 is 4.74 Å². The van der Waals surface area contributed by atoms with Gasteiger partial charge in [-0.1, -0.05) is 6.07 Å². The second kappa shape index (κ2) is 6.25. The zero-order valence-electron chi connectivity index (χ0n) is 13.0. The summed E-state index contributed by atoms with van der Waals surface area (Å²) in [5.41, 5.74) is 1.84. The first-order valence-electron chi connectivity index (χ1n) is 7.40. The van der Waals surface area contributed by atoms with Gasteiger partial charge in [0.1, 0.15) is 22.4 Å². The van der Waals surface area contributed by atoms with Crippen LogP contribution in [0.2, 0.25) is 0 Å². The summed E-state index contributed by atoms with van der Waals surface area (Å²) in [5, 5.41) is 2.89. The molecule has 0 unspecified atom stereocenters. The molecule has 0 fully saturated rings. The van der Waals surface area contributed by atoms with Gasteiger partial charge in [0.15, 0.2) is 0 Å². The highest BCUT2D eigenvalue weighted by Crippen LogP contribution is 2.25. The maximum absolute atomic E-state index is 5.30. The molecule has 0 aliphatic heterocycles. The Bertz CT molecular complexity index is 991. The number of benzene rings is 1. The lowest BCUT2D eigenvalue weighted by Crippen LogP contribution is -1.99. The maximum Gasteiger partial charge on any atom is 0.139 e. The molecule has 0 aliphatic rings. The summed E-state index contributed by atoms with van der Waals surface area (Å²) in [6, 6.07) is 11.7. The summed E-state index contributed by atoms with van der Waals surface area (Å²) < 4.78 is 7.33. The molecule has 1 aromatic carbocycles. The molecule has 0 saturated heterocycles. The fourth-order valence-corrected chi connectivity index (χ4v) is 3.04. The first kappa shape index (κ1) is 14.6. The van der Waals surface area contributed by atoms with Crippen molar-refractivity contribution in [1.29, 1.82) is 0 Å². The Morgan fingerprint density at radius 1 is 1.08 bits per heavy atom. The average Bonchev–Trinajstić information content (AvgIpc) is 3.27. The van der Waals surface area contributed by atoms with E-state index in [9.17, 15) is 0 Å². The number of ether oxygens (including phenoxy) is 1. The van der Waals surface area contributed by atoms with Crippen molar-refractivity contribution in [2.45, 2.75) is 0 Å². The lowest BCUT2D eigenvalue weighted by molar-refractivity contribution is 0.415. The van der Waals surface area contributed by atoms with Gasteiger partial charge in [-0.25, -0.2) is 15.0 Å². The minimum Gasteiger partial charge on any atom is -0.497 e. The molecule has 0 bridgehead atoms. The van der Waals surface area contributed by atoms with Crippen molar-refractivity contribution in [3.05, 3.63) is 65.0 Å². The molecule has 118 valence electrons. The van der Waals surface area contributed by atoms with E-state index in [0.717, 1.165) is 33.4 Å². The van der Waals surface area contributed by atoms with E-state index >= 15 is 0 Å². The predicted molar refractivity (Wildman–Crippen MR) is 96.5 cm³/mol. The fraction of sp³-hybridized carbons (Fsp3) is 0.0556. The van der Waals surface area contributed by atoms with Crippen molar-refractivity contribution < 1.29 is 4.74 Å². The predicted octanol–water partition coefficient (Wildman–Crippen LogP) is 4.06. The largest absolute Gasteiger partial charge is 0.497 e. The minimum atomic E-state index is 0.781. The number of nitrogens with zero attached hydrogens (tertiary/aromatic N) is 4. The van der Waals surface area contributed by atoms with Crippen LogP contribution in [0.1, 0.15) is 10.8 Å². The normalized spacial score (nSPS) is 11.4. The summed E-state index contributed by atoms with van der Waals surface area (Å²) in [6.07, 6.45) is 7.48. The average molecular weight is 334 g/mol. The molecule has 24 heavy (non-hydrogen) atoms. The molecule has 0 amide bonds. The van der Waals surface area contributed by atoms with Crippen LogP contribution >= 0.6 is 11.3 Å². The van der Waals surface area contributed by atoms with Gasteiger partial charge in [0, 0.05) is 23.8 Å².